The molecule has 2 bridgehead atoms. The number of amides is 1. The maximum absolute atomic E-state index is 13.3. The van der Waals surface area contributed by atoms with Crippen molar-refractivity contribution in [2.45, 2.75) is 106 Å². The number of nitrogens with one attached hydrogen (secondary N) is 2. The van der Waals surface area contributed by atoms with Crippen LogP contribution in [0.5, 0.6) is 11.5 Å². The summed E-state index contributed by atoms with van der Waals surface area (Å²) in [6.07, 6.45) is -1.98. The van der Waals surface area contributed by atoms with Gasteiger partial charge in [-0.3, -0.25) is 9.59 Å². The van der Waals surface area contributed by atoms with E-state index in [0.717, 1.165) is 11.1 Å². The van der Waals surface area contributed by atoms with Crippen LogP contribution in [0.3, 0.4) is 0 Å². The number of esters is 3. The van der Waals surface area contributed by atoms with Crippen molar-refractivity contribution in [1.29, 1.82) is 0 Å². The first-order valence-electron chi connectivity index (χ1n) is 15.6. The summed E-state index contributed by atoms with van der Waals surface area (Å²) in [6, 6.07) is 2.07. The fraction of sp³-hybridized carbons (Fsp3) is 0.594. The Hall–Kier alpha value is -4.21. The van der Waals surface area contributed by atoms with Crippen molar-refractivity contribution in [3.05, 3.63) is 35.1 Å². The normalized spacial score (nSPS) is 30.4. The summed E-state index contributed by atoms with van der Waals surface area (Å²) >= 11 is 0. The van der Waals surface area contributed by atoms with Crippen LogP contribution >= 0.6 is 0 Å². The summed E-state index contributed by atoms with van der Waals surface area (Å²) in [7, 11) is 1.53. The van der Waals surface area contributed by atoms with Crippen LogP contribution in [0.15, 0.2) is 24.0 Å². The summed E-state index contributed by atoms with van der Waals surface area (Å²) in [6.45, 7) is 4.89. The van der Waals surface area contributed by atoms with Crippen molar-refractivity contribution in [2.24, 2.45) is 0 Å². The number of aliphatic hydroxyl groups is 1. The lowest BCUT2D eigenvalue weighted by Gasteiger charge is -2.59. The van der Waals surface area contributed by atoms with E-state index < -0.39 is 83.8 Å². The molecule has 6 rings (SSSR count). The summed E-state index contributed by atoms with van der Waals surface area (Å²) < 4.78 is 33.6. The topological polar surface area (TPSA) is 205 Å². The van der Waals surface area contributed by atoms with E-state index in [2.05, 4.69) is 10.6 Å². The summed E-state index contributed by atoms with van der Waals surface area (Å²) in [5.74, 6) is -4.84. The number of rotatable bonds is 11. The summed E-state index contributed by atoms with van der Waals surface area (Å²) in [5, 5.41) is 27.1. The predicted molar refractivity (Wildman–Crippen MR) is 157 cm³/mol. The maximum Gasteiger partial charge on any atom is 0.352 e. The van der Waals surface area contributed by atoms with Gasteiger partial charge >= 0.3 is 23.9 Å². The molecule has 0 saturated carbocycles. The fourth-order valence-electron chi connectivity index (χ4n) is 7.56. The van der Waals surface area contributed by atoms with Crippen LogP contribution in [0.2, 0.25) is 0 Å². The fourth-order valence-corrected chi connectivity index (χ4v) is 7.56. The highest BCUT2D eigenvalue weighted by molar-refractivity contribution is 5.89. The van der Waals surface area contributed by atoms with Crippen molar-refractivity contribution in [2.75, 3.05) is 13.7 Å². The van der Waals surface area contributed by atoms with Gasteiger partial charge in [0.1, 0.15) is 11.8 Å². The maximum atomic E-state index is 13.3. The van der Waals surface area contributed by atoms with Gasteiger partial charge in [-0.1, -0.05) is 6.07 Å². The quantitative estimate of drug-likeness (QED) is 0.189. The summed E-state index contributed by atoms with van der Waals surface area (Å²) in [5.41, 5.74) is -0.281. The van der Waals surface area contributed by atoms with E-state index in [1.807, 2.05) is 12.1 Å². The lowest BCUT2D eigenvalue weighted by atomic mass is 9.50. The van der Waals surface area contributed by atoms with E-state index in [1.165, 1.54) is 27.9 Å². The molecule has 1 aromatic rings. The Bertz CT molecular complexity index is 1560. The number of carbonyl (C=O) groups is 5. The minimum absolute atomic E-state index is 0.163. The molecule has 0 aromatic heterocycles. The van der Waals surface area contributed by atoms with Gasteiger partial charge in [-0.25, -0.2) is 14.4 Å². The summed E-state index contributed by atoms with van der Waals surface area (Å²) in [4.78, 5) is 62.5. The molecular formula is C32H38N2O13. The number of hydrogen-bond donors (Lipinski definition) is 4. The smallest absolute Gasteiger partial charge is 0.352 e. The molecule has 2 saturated heterocycles. The number of hydrogen-bond acceptors (Lipinski definition) is 13. The highest BCUT2D eigenvalue weighted by Crippen LogP contribution is 2.64. The molecule has 0 radical (unpaired) electrons. The van der Waals surface area contributed by atoms with Crippen molar-refractivity contribution in [3.63, 3.8) is 0 Å². The predicted octanol–water partition coefficient (Wildman–Crippen LogP) is 0.523. The Labute approximate surface area is 269 Å². The van der Waals surface area contributed by atoms with Crippen molar-refractivity contribution < 1.29 is 62.6 Å². The Morgan fingerprint density at radius 3 is 2.64 bits per heavy atom. The molecule has 1 amide bonds. The zero-order valence-corrected chi connectivity index (χ0v) is 26.5. The van der Waals surface area contributed by atoms with E-state index >= 15 is 0 Å². The lowest BCUT2D eigenvalue weighted by molar-refractivity contribution is -0.170. The third kappa shape index (κ3) is 5.49. The van der Waals surface area contributed by atoms with E-state index in [-0.39, 0.29) is 24.6 Å². The average Bonchev–Trinajstić information content (AvgIpc) is 3.47. The van der Waals surface area contributed by atoms with Crippen molar-refractivity contribution >= 4 is 29.8 Å². The molecule has 15 heteroatoms. The van der Waals surface area contributed by atoms with Crippen LogP contribution < -0.4 is 20.1 Å². The number of cyclic esters (lactones) is 1. The molecule has 0 unspecified atom stereocenters. The van der Waals surface area contributed by atoms with Crippen LogP contribution in [-0.4, -0.2) is 95.4 Å². The zero-order valence-electron chi connectivity index (χ0n) is 26.5. The Balaban J connectivity index is 1.15. The number of piperidine rings is 1. The largest absolute Gasteiger partial charge is 0.493 e. The molecule has 7 atom stereocenters. The Morgan fingerprint density at radius 1 is 1.19 bits per heavy atom. The molecule has 47 heavy (non-hydrogen) atoms. The first-order valence-corrected chi connectivity index (χ1v) is 15.6. The van der Waals surface area contributed by atoms with Crippen LogP contribution in [0, 0.1) is 0 Å². The number of aliphatic carboxylic acids is 1. The lowest BCUT2D eigenvalue weighted by Crippen LogP contribution is -2.74. The minimum Gasteiger partial charge on any atom is -0.493 e. The number of carboxylic acids is 1. The van der Waals surface area contributed by atoms with Gasteiger partial charge < -0.3 is 49.3 Å². The minimum atomic E-state index is -1.47. The first-order chi connectivity index (χ1) is 22.2. The monoisotopic (exact) mass is 658 g/mol. The zero-order chi connectivity index (χ0) is 33.9. The second-order valence-electron chi connectivity index (χ2n) is 13.0. The molecule has 1 spiro atoms. The molecule has 1 aromatic carbocycles. The van der Waals surface area contributed by atoms with Gasteiger partial charge in [0.15, 0.2) is 29.8 Å². The second-order valence-corrected chi connectivity index (χ2v) is 13.0. The van der Waals surface area contributed by atoms with Crippen molar-refractivity contribution in [3.8, 4) is 11.5 Å². The number of methoxy groups -OCH3 is 1. The molecule has 254 valence electrons. The highest BCUT2D eigenvalue weighted by Gasteiger charge is 2.71. The van der Waals surface area contributed by atoms with E-state index in [1.54, 1.807) is 6.08 Å². The third-order valence-electron chi connectivity index (χ3n) is 9.63. The molecule has 3 aliphatic heterocycles. The first kappa shape index (κ1) is 32.7. The molecular weight excluding hydrogens is 620 g/mol. The van der Waals surface area contributed by atoms with Crippen LogP contribution in [0.25, 0.3) is 0 Å². The second kappa shape index (κ2) is 11.8. The molecule has 2 fully saturated rings. The van der Waals surface area contributed by atoms with Gasteiger partial charge in [0, 0.05) is 38.3 Å². The van der Waals surface area contributed by atoms with Gasteiger partial charge in [0.2, 0.25) is 11.7 Å². The average molecular weight is 659 g/mol. The van der Waals surface area contributed by atoms with Crippen LogP contribution in [0.1, 0.15) is 64.0 Å². The molecule has 5 aliphatic rings. The van der Waals surface area contributed by atoms with Gasteiger partial charge in [0.05, 0.1) is 24.5 Å². The van der Waals surface area contributed by atoms with E-state index in [4.69, 9.17) is 28.4 Å². The van der Waals surface area contributed by atoms with Gasteiger partial charge in [-0.15, -0.1) is 0 Å². The van der Waals surface area contributed by atoms with Gasteiger partial charge in [-0.2, -0.15) is 0 Å². The van der Waals surface area contributed by atoms with Crippen molar-refractivity contribution in [1.82, 2.24) is 10.6 Å². The Kier molecular flexibility index (Phi) is 8.21. The Morgan fingerprint density at radius 2 is 1.96 bits per heavy atom. The number of carboxylic acid groups (broad SMARTS) is 1. The molecule has 4 N–H and O–H groups in total. The van der Waals surface area contributed by atoms with Crippen LogP contribution in [-0.2, 0) is 54.8 Å². The molecule has 15 nitrogen and oxygen atoms in total. The molecule has 3 heterocycles. The molecule has 2 aliphatic carbocycles. The standard InChI is InChI=1S/C32H38N2O13/c1-15(43-28(39)17(6-8-23(36)37)34-22(35)14-20-29(40)47-30(2,3)46-20)27(38)44-19-9-10-32(41)21-13-16-5-7-18(42-4)25-24(16)31(32,11-12-33-21)26(19)45-25/h5,7,9,15,17,20-21,26,33,41H,6,8,10-14H2,1-4H3,(H,34,35)(H,36,37)/t15-,17-,20-,21-,26+,31+,32-/m0/s1. The SMILES string of the molecule is COc1ccc2c3c1O[C@@H]1C(OC(=O)[C@H](C)OC(=O)[C@H](CCC(=O)O)NC(=O)C[C@@H]4OC(C)(C)OC4=O)=CC[C@]4(O)[C@H](C2)NCC[C@@]314. The van der Waals surface area contributed by atoms with E-state index in [9.17, 15) is 34.2 Å². The number of carbonyl (C=O) groups excluding carboxylic acids is 4. The van der Waals surface area contributed by atoms with Crippen LogP contribution in [0.4, 0.5) is 0 Å². The van der Waals surface area contributed by atoms with Gasteiger partial charge in [0.25, 0.3) is 0 Å². The number of ether oxygens (including phenoxy) is 6. The number of benzene rings is 1. The third-order valence-corrected chi connectivity index (χ3v) is 9.63. The van der Waals surface area contributed by atoms with E-state index in [0.29, 0.717) is 30.9 Å². The highest BCUT2D eigenvalue weighted by atomic mass is 16.8. The van der Waals surface area contributed by atoms with Gasteiger partial charge in [-0.05, 0) is 50.4 Å².